The molecule has 1 amide bonds. The molecule has 0 saturated carbocycles. The molecule has 0 bridgehead atoms. The average Bonchev–Trinajstić information content (AvgIpc) is 2.17. The standard InChI is InChI=1S/C9H17NO2/c1-5(2)4-7-8(11)6(3)9(12)10-7/h5-8,11H,4H2,1-3H3,(H,10,12)/t6-,7+,8-/m1/s1. The van der Waals surface area contributed by atoms with Gasteiger partial charge in [0.15, 0.2) is 0 Å². The SMILES string of the molecule is CC(C)C[C@@H]1NC(=O)[C@H](C)[C@H]1O. The first kappa shape index (κ1) is 9.52. The van der Waals surface area contributed by atoms with Crippen molar-refractivity contribution >= 4 is 5.91 Å². The lowest BCUT2D eigenvalue weighted by atomic mass is 9.96. The van der Waals surface area contributed by atoms with Gasteiger partial charge in [-0.05, 0) is 12.3 Å². The summed E-state index contributed by atoms with van der Waals surface area (Å²) >= 11 is 0. The number of hydrogen-bond acceptors (Lipinski definition) is 2. The molecule has 1 fully saturated rings. The Morgan fingerprint density at radius 2 is 2.17 bits per heavy atom. The molecule has 0 radical (unpaired) electrons. The lowest BCUT2D eigenvalue weighted by Crippen LogP contribution is -2.33. The van der Waals surface area contributed by atoms with Crippen LogP contribution in [-0.4, -0.2) is 23.2 Å². The number of aliphatic hydroxyl groups excluding tert-OH is 1. The van der Waals surface area contributed by atoms with Crippen LogP contribution in [0.25, 0.3) is 0 Å². The summed E-state index contributed by atoms with van der Waals surface area (Å²) in [5, 5.41) is 12.4. The number of rotatable bonds is 2. The fourth-order valence-corrected chi connectivity index (χ4v) is 1.61. The first-order valence-corrected chi connectivity index (χ1v) is 4.50. The Hall–Kier alpha value is -0.570. The highest BCUT2D eigenvalue weighted by molar-refractivity contribution is 5.81. The number of carbonyl (C=O) groups is 1. The van der Waals surface area contributed by atoms with Crippen molar-refractivity contribution in [2.75, 3.05) is 0 Å². The van der Waals surface area contributed by atoms with Gasteiger partial charge in [-0.15, -0.1) is 0 Å². The maximum absolute atomic E-state index is 11.1. The molecule has 70 valence electrons. The quantitative estimate of drug-likeness (QED) is 0.636. The Morgan fingerprint density at radius 1 is 1.58 bits per heavy atom. The molecular weight excluding hydrogens is 154 g/mol. The van der Waals surface area contributed by atoms with Gasteiger partial charge < -0.3 is 10.4 Å². The van der Waals surface area contributed by atoms with Crippen LogP contribution in [0.4, 0.5) is 0 Å². The normalized spacial score (nSPS) is 35.8. The van der Waals surface area contributed by atoms with Crippen molar-refractivity contribution in [1.82, 2.24) is 5.32 Å². The zero-order valence-corrected chi connectivity index (χ0v) is 7.87. The van der Waals surface area contributed by atoms with Crippen molar-refractivity contribution < 1.29 is 9.90 Å². The zero-order valence-electron chi connectivity index (χ0n) is 7.87. The van der Waals surface area contributed by atoms with Crippen molar-refractivity contribution in [3.05, 3.63) is 0 Å². The Kier molecular flexibility index (Phi) is 2.73. The molecule has 0 spiro atoms. The van der Waals surface area contributed by atoms with E-state index in [-0.39, 0.29) is 17.9 Å². The second-order valence-corrected chi connectivity index (χ2v) is 4.02. The van der Waals surface area contributed by atoms with Crippen molar-refractivity contribution in [2.45, 2.75) is 39.3 Å². The molecule has 1 heterocycles. The van der Waals surface area contributed by atoms with Gasteiger partial charge in [0.1, 0.15) is 0 Å². The van der Waals surface area contributed by atoms with Gasteiger partial charge in [-0.3, -0.25) is 4.79 Å². The minimum atomic E-state index is -0.500. The topological polar surface area (TPSA) is 49.3 Å². The smallest absolute Gasteiger partial charge is 0.225 e. The first-order chi connectivity index (χ1) is 5.52. The minimum Gasteiger partial charge on any atom is -0.390 e. The van der Waals surface area contributed by atoms with E-state index in [4.69, 9.17) is 0 Å². The number of carbonyl (C=O) groups excluding carboxylic acids is 1. The lowest BCUT2D eigenvalue weighted by molar-refractivity contribution is -0.123. The van der Waals surface area contributed by atoms with Crippen LogP contribution in [-0.2, 0) is 4.79 Å². The highest BCUT2D eigenvalue weighted by Crippen LogP contribution is 2.20. The fraction of sp³-hybridized carbons (Fsp3) is 0.889. The maximum atomic E-state index is 11.1. The Morgan fingerprint density at radius 3 is 2.50 bits per heavy atom. The molecule has 3 nitrogen and oxygen atoms in total. The van der Waals surface area contributed by atoms with Crippen LogP contribution in [0.1, 0.15) is 27.2 Å². The summed E-state index contributed by atoms with van der Waals surface area (Å²) in [6, 6.07) is -0.0347. The van der Waals surface area contributed by atoms with E-state index in [1.54, 1.807) is 6.92 Å². The largest absolute Gasteiger partial charge is 0.390 e. The molecule has 0 aliphatic carbocycles. The summed E-state index contributed by atoms with van der Waals surface area (Å²) < 4.78 is 0. The zero-order chi connectivity index (χ0) is 9.30. The summed E-state index contributed by atoms with van der Waals surface area (Å²) in [5.41, 5.74) is 0. The number of amides is 1. The van der Waals surface area contributed by atoms with Gasteiger partial charge in [0.2, 0.25) is 5.91 Å². The molecule has 0 aromatic carbocycles. The van der Waals surface area contributed by atoms with E-state index < -0.39 is 6.10 Å². The summed E-state index contributed by atoms with van der Waals surface area (Å²) in [6.45, 7) is 5.93. The highest BCUT2D eigenvalue weighted by Gasteiger charge is 2.37. The van der Waals surface area contributed by atoms with E-state index in [0.29, 0.717) is 5.92 Å². The summed E-state index contributed by atoms with van der Waals surface area (Å²) in [4.78, 5) is 11.1. The van der Waals surface area contributed by atoms with Crippen molar-refractivity contribution in [1.29, 1.82) is 0 Å². The third-order valence-corrected chi connectivity index (χ3v) is 2.39. The van der Waals surface area contributed by atoms with E-state index in [9.17, 15) is 9.90 Å². The predicted molar refractivity (Wildman–Crippen MR) is 46.6 cm³/mol. The van der Waals surface area contributed by atoms with Gasteiger partial charge in [0.25, 0.3) is 0 Å². The Balaban J connectivity index is 2.53. The molecular formula is C9H17NO2. The molecule has 1 rings (SSSR count). The molecule has 1 saturated heterocycles. The van der Waals surface area contributed by atoms with E-state index in [1.807, 2.05) is 0 Å². The summed E-state index contributed by atoms with van der Waals surface area (Å²) in [6.07, 6.45) is 0.358. The summed E-state index contributed by atoms with van der Waals surface area (Å²) in [7, 11) is 0. The molecule has 2 N–H and O–H groups in total. The molecule has 3 atom stereocenters. The average molecular weight is 171 g/mol. The van der Waals surface area contributed by atoms with Crippen LogP contribution in [0.15, 0.2) is 0 Å². The van der Waals surface area contributed by atoms with Crippen molar-refractivity contribution in [3.8, 4) is 0 Å². The second-order valence-electron chi connectivity index (χ2n) is 4.02. The molecule has 1 aliphatic rings. The number of aliphatic hydroxyl groups is 1. The van der Waals surface area contributed by atoms with Crippen molar-refractivity contribution in [3.63, 3.8) is 0 Å². The van der Waals surface area contributed by atoms with Gasteiger partial charge in [-0.1, -0.05) is 20.8 Å². The first-order valence-electron chi connectivity index (χ1n) is 4.50. The predicted octanol–water partition coefficient (Wildman–Crippen LogP) is 0.528. The van der Waals surface area contributed by atoms with Crippen LogP contribution in [0.5, 0.6) is 0 Å². The van der Waals surface area contributed by atoms with E-state index in [1.165, 1.54) is 0 Å². The summed E-state index contributed by atoms with van der Waals surface area (Å²) in [5.74, 6) is 0.247. The molecule has 3 heteroatoms. The maximum Gasteiger partial charge on any atom is 0.225 e. The third-order valence-electron chi connectivity index (χ3n) is 2.39. The molecule has 0 aromatic heterocycles. The van der Waals surface area contributed by atoms with Gasteiger partial charge in [0, 0.05) is 0 Å². The van der Waals surface area contributed by atoms with E-state index >= 15 is 0 Å². The van der Waals surface area contributed by atoms with Crippen LogP contribution < -0.4 is 5.32 Å². The van der Waals surface area contributed by atoms with E-state index in [0.717, 1.165) is 6.42 Å². The molecule has 0 unspecified atom stereocenters. The second kappa shape index (κ2) is 3.44. The molecule has 12 heavy (non-hydrogen) atoms. The van der Waals surface area contributed by atoms with Crippen LogP contribution in [0.3, 0.4) is 0 Å². The van der Waals surface area contributed by atoms with Gasteiger partial charge in [-0.2, -0.15) is 0 Å². The molecule has 1 aliphatic heterocycles. The van der Waals surface area contributed by atoms with Gasteiger partial charge in [0.05, 0.1) is 18.1 Å². The monoisotopic (exact) mass is 171 g/mol. The minimum absolute atomic E-state index is 0.0202. The molecule has 0 aromatic rings. The van der Waals surface area contributed by atoms with Crippen molar-refractivity contribution in [2.24, 2.45) is 11.8 Å². The van der Waals surface area contributed by atoms with Gasteiger partial charge >= 0.3 is 0 Å². The number of nitrogens with one attached hydrogen (secondary N) is 1. The van der Waals surface area contributed by atoms with E-state index in [2.05, 4.69) is 19.2 Å². The van der Waals surface area contributed by atoms with Gasteiger partial charge in [-0.25, -0.2) is 0 Å². The van der Waals surface area contributed by atoms with Crippen LogP contribution >= 0.6 is 0 Å². The third kappa shape index (κ3) is 1.78. The number of hydrogen-bond donors (Lipinski definition) is 2. The highest BCUT2D eigenvalue weighted by atomic mass is 16.3. The lowest BCUT2D eigenvalue weighted by Gasteiger charge is -2.17. The van der Waals surface area contributed by atoms with Crippen LogP contribution in [0, 0.1) is 11.8 Å². The van der Waals surface area contributed by atoms with Crippen LogP contribution in [0.2, 0.25) is 0 Å². The Labute approximate surface area is 73.2 Å². The fourth-order valence-electron chi connectivity index (χ4n) is 1.61. The Bertz CT molecular complexity index is 179.